The highest BCUT2D eigenvalue weighted by Gasteiger charge is 2.29. The molecule has 5 heterocycles. The summed E-state index contributed by atoms with van der Waals surface area (Å²) in [5.74, 6) is 0.738. The van der Waals surface area contributed by atoms with Gasteiger partial charge in [-0.3, -0.25) is 9.78 Å². The van der Waals surface area contributed by atoms with Crippen molar-refractivity contribution < 1.29 is 9.53 Å². The van der Waals surface area contributed by atoms with Crippen molar-refractivity contribution in [3.63, 3.8) is 0 Å². The molecule has 0 saturated heterocycles. The number of halogens is 2. The predicted molar refractivity (Wildman–Crippen MR) is 137 cm³/mol. The topological polar surface area (TPSA) is 159 Å². The minimum Gasteiger partial charge on any atom is -0.409 e. The molecule has 1 aliphatic heterocycles. The number of rotatable bonds is 5. The number of benzene rings is 1. The number of ether oxygens (including phenoxy) is 1. The minimum absolute atomic E-state index is 0.192. The first kappa shape index (κ1) is 23.8. The number of hydrogen-bond donors (Lipinski definition) is 2. The first-order valence-corrected chi connectivity index (χ1v) is 12.1. The first-order valence-electron chi connectivity index (χ1n) is 11.4. The van der Waals surface area contributed by atoms with E-state index in [9.17, 15) is 9.59 Å². The number of H-pyrrole nitrogens is 1. The standard InChI is InChI=1S/C24H17Cl2N9O3/c25-13-1-5-18(34-11-29-32-33-34)16(9-13)12-7-14-2-6-19(35(14)20(36)8-12)23-30-21(22(26)31-23)17-4-3-15(10-28-17)38-24(27)37/h1,3-5,7-11,19H,2,6H2,(H2,27,37)(H,30,31)/t19-/m0/s1. The van der Waals surface area contributed by atoms with Crippen molar-refractivity contribution in [2.75, 3.05) is 0 Å². The molecule has 38 heavy (non-hydrogen) atoms. The summed E-state index contributed by atoms with van der Waals surface area (Å²) in [5.41, 5.74) is 8.79. The highest BCUT2D eigenvalue weighted by atomic mass is 35.5. The number of aromatic amines is 1. The van der Waals surface area contributed by atoms with Crippen molar-refractivity contribution in [2.24, 2.45) is 5.73 Å². The Kier molecular flexibility index (Phi) is 5.89. The molecule has 0 spiro atoms. The summed E-state index contributed by atoms with van der Waals surface area (Å²) in [7, 11) is 0. The molecule has 1 aromatic carbocycles. The molecular formula is C24H17Cl2N9O3. The molecule has 0 saturated carbocycles. The number of primary amides is 1. The Hall–Kier alpha value is -4.55. The number of aromatic nitrogens is 8. The number of tetrazole rings is 1. The molecule has 1 atom stereocenters. The van der Waals surface area contributed by atoms with Crippen LogP contribution in [0, 0.1) is 0 Å². The van der Waals surface area contributed by atoms with Crippen LogP contribution in [0.4, 0.5) is 4.79 Å². The summed E-state index contributed by atoms with van der Waals surface area (Å²) >= 11 is 12.7. The van der Waals surface area contributed by atoms with Gasteiger partial charge in [0.15, 0.2) is 10.9 Å². The summed E-state index contributed by atoms with van der Waals surface area (Å²) in [6, 6.07) is 11.7. The van der Waals surface area contributed by atoms with E-state index >= 15 is 0 Å². The molecule has 0 aliphatic carbocycles. The molecule has 1 aliphatic rings. The van der Waals surface area contributed by atoms with Crippen molar-refractivity contribution in [1.29, 1.82) is 0 Å². The van der Waals surface area contributed by atoms with Crippen LogP contribution >= 0.6 is 23.2 Å². The molecule has 1 amide bonds. The zero-order valence-electron chi connectivity index (χ0n) is 19.4. The summed E-state index contributed by atoms with van der Waals surface area (Å²) in [6.45, 7) is 0. The number of hydrogen-bond acceptors (Lipinski definition) is 8. The molecule has 3 N–H and O–H groups in total. The van der Waals surface area contributed by atoms with Crippen molar-refractivity contribution in [1.82, 2.24) is 39.7 Å². The molecule has 0 radical (unpaired) electrons. The fourth-order valence-electron chi connectivity index (χ4n) is 4.62. The van der Waals surface area contributed by atoms with Gasteiger partial charge >= 0.3 is 6.09 Å². The largest absolute Gasteiger partial charge is 0.410 e. The molecule has 0 bridgehead atoms. The number of pyridine rings is 2. The van der Waals surface area contributed by atoms with Gasteiger partial charge in [-0.05, 0) is 65.2 Å². The maximum atomic E-state index is 13.4. The van der Waals surface area contributed by atoms with E-state index in [1.165, 1.54) is 17.2 Å². The molecule has 190 valence electrons. The Bertz CT molecular complexity index is 1730. The van der Waals surface area contributed by atoms with Crippen LogP contribution in [0.15, 0.2) is 59.8 Å². The number of aryl methyl sites for hydroxylation is 1. The molecule has 0 unspecified atom stereocenters. The molecular weight excluding hydrogens is 533 g/mol. The van der Waals surface area contributed by atoms with Crippen LogP contribution in [0.2, 0.25) is 10.2 Å². The number of carbonyl (C=O) groups excluding carboxylic acids is 1. The number of nitrogens with one attached hydrogen (secondary N) is 1. The van der Waals surface area contributed by atoms with E-state index in [0.29, 0.717) is 46.3 Å². The Balaban J connectivity index is 1.35. The van der Waals surface area contributed by atoms with Crippen LogP contribution in [0.5, 0.6) is 5.75 Å². The van der Waals surface area contributed by atoms with Crippen LogP contribution in [0.3, 0.4) is 0 Å². The van der Waals surface area contributed by atoms with Gasteiger partial charge in [-0.15, -0.1) is 5.10 Å². The fraction of sp³-hybridized carbons (Fsp3) is 0.125. The van der Waals surface area contributed by atoms with Crippen LogP contribution in [-0.2, 0) is 6.42 Å². The van der Waals surface area contributed by atoms with E-state index in [1.54, 1.807) is 41.0 Å². The Morgan fingerprint density at radius 1 is 1.16 bits per heavy atom. The van der Waals surface area contributed by atoms with Gasteiger partial charge in [0.25, 0.3) is 5.56 Å². The molecule has 4 aromatic heterocycles. The summed E-state index contributed by atoms with van der Waals surface area (Å²) in [4.78, 5) is 36.3. The molecule has 0 fully saturated rings. The average molecular weight is 550 g/mol. The molecule has 6 rings (SSSR count). The maximum Gasteiger partial charge on any atom is 0.410 e. The third-order valence-corrected chi connectivity index (χ3v) is 6.71. The quantitative estimate of drug-likeness (QED) is 0.336. The van der Waals surface area contributed by atoms with Gasteiger partial charge in [-0.25, -0.2) is 9.78 Å². The second-order valence-corrected chi connectivity index (χ2v) is 9.30. The van der Waals surface area contributed by atoms with Crippen molar-refractivity contribution in [3.8, 4) is 34.0 Å². The van der Waals surface area contributed by atoms with E-state index in [2.05, 4.69) is 30.5 Å². The van der Waals surface area contributed by atoms with E-state index < -0.39 is 6.09 Å². The van der Waals surface area contributed by atoms with E-state index in [0.717, 1.165) is 11.3 Å². The highest BCUT2D eigenvalue weighted by Crippen LogP contribution is 2.35. The predicted octanol–water partition coefficient (Wildman–Crippen LogP) is 3.58. The third-order valence-electron chi connectivity index (χ3n) is 6.20. The lowest BCUT2D eigenvalue weighted by Crippen LogP contribution is -2.24. The van der Waals surface area contributed by atoms with Gasteiger partial charge in [-0.2, -0.15) is 4.68 Å². The second-order valence-electron chi connectivity index (χ2n) is 8.50. The molecule has 14 heteroatoms. The zero-order valence-corrected chi connectivity index (χ0v) is 20.9. The number of fused-ring (bicyclic) bond motifs is 1. The van der Waals surface area contributed by atoms with Gasteiger partial charge in [0.05, 0.1) is 23.6 Å². The summed E-state index contributed by atoms with van der Waals surface area (Å²) in [5, 5.41) is 12.1. The molecule has 12 nitrogen and oxygen atoms in total. The average Bonchev–Trinajstić information content (AvgIpc) is 3.64. The lowest BCUT2D eigenvalue weighted by atomic mass is 10.0. The molecule has 5 aromatic rings. The number of nitrogens with zero attached hydrogens (tertiary/aromatic N) is 7. The number of carbonyl (C=O) groups is 1. The summed E-state index contributed by atoms with van der Waals surface area (Å²) < 4.78 is 8.04. The smallest absolute Gasteiger partial charge is 0.409 e. The van der Waals surface area contributed by atoms with Gasteiger partial charge < -0.3 is 20.0 Å². The fourth-order valence-corrected chi connectivity index (χ4v) is 5.03. The second kappa shape index (κ2) is 9.39. The zero-order chi connectivity index (χ0) is 26.4. The van der Waals surface area contributed by atoms with Gasteiger partial charge in [0.1, 0.15) is 17.8 Å². The Morgan fingerprint density at radius 3 is 2.76 bits per heavy atom. The van der Waals surface area contributed by atoms with E-state index in [-0.39, 0.29) is 22.5 Å². The number of amides is 1. The third kappa shape index (κ3) is 4.29. The van der Waals surface area contributed by atoms with E-state index in [1.807, 2.05) is 6.07 Å². The summed E-state index contributed by atoms with van der Waals surface area (Å²) in [6.07, 6.45) is 3.20. The lowest BCUT2D eigenvalue weighted by molar-refractivity contribution is 0.210. The first-order chi connectivity index (χ1) is 18.4. The minimum atomic E-state index is -0.933. The monoisotopic (exact) mass is 549 g/mol. The lowest BCUT2D eigenvalue weighted by Gasteiger charge is -2.15. The Morgan fingerprint density at radius 2 is 2.03 bits per heavy atom. The Labute approximate surface area is 224 Å². The van der Waals surface area contributed by atoms with Crippen LogP contribution in [0.25, 0.3) is 28.2 Å². The van der Waals surface area contributed by atoms with Crippen LogP contribution < -0.4 is 16.0 Å². The SMILES string of the molecule is NC(=O)Oc1ccc(-c2[nH]c([C@@H]3CCc4cc(-c5cc(Cl)ccc5-n5cnnn5)cc(=O)n43)nc2Cl)nc1. The highest BCUT2D eigenvalue weighted by molar-refractivity contribution is 6.32. The van der Waals surface area contributed by atoms with Crippen LogP contribution in [0.1, 0.15) is 24.0 Å². The van der Waals surface area contributed by atoms with Gasteiger partial charge in [-0.1, -0.05) is 23.2 Å². The van der Waals surface area contributed by atoms with Crippen LogP contribution in [-0.4, -0.2) is 45.8 Å². The van der Waals surface area contributed by atoms with Crippen molar-refractivity contribution in [3.05, 3.63) is 87.0 Å². The number of imidazole rings is 1. The van der Waals surface area contributed by atoms with Crippen molar-refractivity contribution >= 4 is 29.3 Å². The number of nitrogens with two attached hydrogens (primary N) is 1. The van der Waals surface area contributed by atoms with E-state index in [4.69, 9.17) is 33.7 Å². The van der Waals surface area contributed by atoms with Crippen molar-refractivity contribution in [2.45, 2.75) is 18.9 Å². The maximum absolute atomic E-state index is 13.4. The van der Waals surface area contributed by atoms with Gasteiger partial charge in [0, 0.05) is 22.3 Å². The normalized spacial score (nSPS) is 14.4. The van der Waals surface area contributed by atoms with Gasteiger partial charge in [0.2, 0.25) is 0 Å².